The lowest BCUT2D eigenvalue weighted by atomic mass is 9.96. The van der Waals surface area contributed by atoms with E-state index in [2.05, 4.69) is 15.2 Å². The number of nitrogens with zero attached hydrogens (tertiary/aromatic N) is 5. The minimum atomic E-state index is -0.900. The smallest absolute Gasteiger partial charge is 0.301 e. The van der Waals surface area contributed by atoms with Crippen molar-refractivity contribution in [3.63, 3.8) is 0 Å². The van der Waals surface area contributed by atoms with Crippen LogP contribution < -0.4 is 9.64 Å². The highest BCUT2D eigenvalue weighted by molar-refractivity contribution is 7.15. The van der Waals surface area contributed by atoms with E-state index in [9.17, 15) is 14.7 Å². The number of carbonyl (C=O) groups excluding carboxylic acids is 2. The molecule has 4 heterocycles. The van der Waals surface area contributed by atoms with Gasteiger partial charge in [0.1, 0.15) is 22.1 Å². The third-order valence-electron chi connectivity index (χ3n) is 6.14. The Kier molecular flexibility index (Phi) is 6.05. The number of imidazole rings is 1. The van der Waals surface area contributed by atoms with E-state index in [-0.39, 0.29) is 22.2 Å². The second-order valence-electron chi connectivity index (χ2n) is 8.62. The van der Waals surface area contributed by atoms with Crippen molar-refractivity contribution in [1.29, 1.82) is 0 Å². The summed E-state index contributed by atoms with van der Waals surface area (Å²) in [5.74, 6) is -1.23. The zero-order valence-corrected chi connectivity index (χ0v) is 21.2. The molecule has 0 bridgehead atoms. The van der Waals surface area contributed by atoms with E-state index in [1.54, 1.807) is 31.2 Å². The quantitative estimate of drug-likeness (QED) is 0.234. The van der Waals surface area contributed by atoms with Gasteiger partial charge in [-0.15, -0.1) is 10.2 Å². The molecule has 1 aliphatic rings. The number of amides is 1. The van der Waals surface area contributed by atoms with Crippen molar-refractivity contribution >= 4 is 39.6 Å². The van der Waals surface area contributed by atoms with E-state index in [4.69, 9.17) is 4.74 Å². The fraction of sp³-hybridized carbons (Fsp3) is 0.269. The van der Waals surface area contributed by atoms with Crippen molar-refractivity contribution in [2.24, 2.45) is 0 Å². The molecule has 4 aromatic rings. The molecule has 0 aliphatic carbocycles. The molecule has 1 aliphatic heterocycles. The van der Waals surface area contributed by atoms with Gasteiger partial charge in [-0.2, -0.15) is 0 Å². The molecule has 9 nitrogen and oxygen atoms in total. The average Bonchev–Trinajstić information content (AvgIpc) is 3.53. The summed E-state index contributed by atoms with van der Waals surface area (Å²) in [5, 5.41) is 20.6. The van der Waals surface area contributed by atoms with Gasteiger partial charge in [0.2, 0.25) is 5.13 Å². The minimum absolute atomic E-state index is 0.0424. The van der Waals surface area contributed by atoms with Gasteiger partial charge >= 0.3 is 5.91 Å². The molecule has 0 spiro atoms. The van der Waals surface area contributed by atoms with E-state index in [1.165, 1.54) is 16.2 Å². The number of benzene rings is 1. The van der Waals surface area contributed by atoms with Crippen LogP contribution in [0.25, 0.3) is 11.4 Å². The first kappa shape index (κ1) is 23.7. The van der Waals surface area contributed by atoms with Crippen molar-refractivity contribution in [1.82, 2.24) is 19.6 Å². The fourth-order valence-corrected chi connectivity index (χ4v) is 5.08. The third-order valence-corrected chi connectivity index (χ3v) is 6.98. The largest absolute Gasteiger partial charge is 0.505 e. The molecule has 0 saturated carbocycles. The molecule has 3 aromatic heterocycles. The number of aromatic nitrogens is 4. The Morgan fingerprint density at radius 3 is 2.50 bits per heavy atom. The second-order valence-corrected chi connectivity index (χ2v) is 9.78. The molecule has 1 aromatic carbocycles. The van der Waals surface area contributed by atoms with Crippen LogP contribution in [0.1, 0.15) is 46.9 Å². The second kappa shape index (κ2) is 9.19. The van der Waals surface area contributed by atoms with Crippen molar-refractivity contribution in [2.75, 3.05) is 11.5 Å². The van der Waals surface area contributed by atoms with Crippen molar-refractivity contribution in [3.8, 4) is 5.75 Å². The Hall–Kier alpha value is -4.05. The Bertz CT molecular complexity index is 1520. The fourth-order valence-electron chi connectivity index (χ4n) is 4.37. The topological polar surface area (TPSA) is 110 Å². The normalized spacial score (nSPS) is 17.3. The Morgan fingerprint density at radius 1 is 1.11 bits per heavy atom. The number of ketones is 1. The monoisotopic (exact) mass is 503 g/mol. The van der Waals surface area contributed by atoms with Crippen molar-refractivity contribution < 1.29 is 19.4 Å². The number of aliphatic hydroxyl groups excluding tert-OH is 1. The van der Waals surface area contributed by atoms with E-state index in [0.29, 0.717) is 34.3 Å². The van der Waals surface area contributed by atoms with Crippen LogP contribution in [-0.4, -0.2) is 43.0 Å². The van der Waals surface area contributed by atoms with Gasteiger partial charge in [-0.25, -0.2) is 4.98 Å². The highest BCUT2D eigenvalue weighted by atomic mass is 32.1. The predicted molar refractivity (Wildman–Crippen MR) is 136 cm³/mol. The summed E-state index contributed by atoms with van der Waals surface area (Å²) in [6.07, 6.45) is 2.71. The van der Waals surface area contributed by atoms with Gasteiger partial charge < -0.3 is 14.2 Å². The minimum Gasteiger partial charge on any atom is -0.505 e. The van der Waals surface area contributed by atoms with Crippen LogP contribution >= 0.6 is 11.3 Å². The number of Topliss-reactive ketones (excluding diaryl/α,β-unsaturated/α-hetero) is 1. The maximum atomic E-state index is 13.4. The van der Waals surface area contributed by atoms with Crippen LogP contribution in [0.2, 0.25) is 0 Å². The van der Waals surface area contributed by atoms with Crippen molar-refractivity contribution in [3.05, 3.63) is 75.7 Å². The average molecular weight is 504 g/mol. The highest BCUT2D eigenvalue weighted by Crippen LogP contribution is 2.43. The zero-order valence-electron chi connectivity index (χ0n) is 20.3. The maximum absolute atomic E-state index is 13.4. The van der Waals surface area contributed by atoms with Gasteiger partial charge in [0, 0.05) is 6.20 Å². The van der Waals surface area contributed by atoms with Crippen LogP contribution in [0.3, 0.4) is 0 Å². The Labute approximate surface area is 211 Å². The number of anilines is 1. The van der Waals surface area contributed by atoms with Crippen molar-refractivity contribution in [2.45, 2.75) is 40.2 Å². The van der Waals surface area contributed by atoms with Crippen LogP contribution in [0, 0.1) is 20.8 Å². The molecule has 1 unspecified atom stereocenters. The molecule has 36 heavy (non-hydrogen) atoms. The van der Waals surface area contributed by atoms with E-state index in [1.807, 2.05) is 43.5 Å². The molecule has 1 fully saturated rings. The number of hydrogen-bond acceptors (Lipinski definition) is 8. The van der Waals surface area contributed by atoms with Gasteiger partial charge in [-0.3, -0.25) is 14.5 Å². The number of aryl methyl sites for hydroxylation is 3. The molecule has 184 valence electrons. The summed E-state index contributed by atoms with van der Waals surface area (Å²) in [7, 11) is 0. The number of pyridine rings is 1. The summed E-state index contributed by atoms with van der Waals surface area (Å²) in [5.41, 5.74) is 3.09. The lowest BCUT2D eigenvalue weighted by Gasteiger charge is -2.22. The third kappa shape index (κ3) is 3.83. The van der Waals surface area contributed by atoms with E-state index >= 15 is 0 Å². The lowest BCUT2D eigenvalue weighted by Crippen LogP contribution is -2.29. The first-order valence-corrected chi connectivity index (χ1v) is 12.4. The lowest BCUT2D eigenvalue weighted by molar-refractivity contribution is -0.132. The predicted octanol–water partition coefficient (Wildman–Crippen LogP) is 4.53. The summed E-state index contributed by atoms with van der Waals surface area (Å²) in [6, 6.07) is 10.1. The molecule has 10 heteroatoms. The molecular weight excluding hydrogens is 478 g/mol. The van der Waals surface area contributed by atoms with Crippen LogP contribution in [0.5, 0.6) is 5.75 Å². The van der Waals surface area contributed by atoms with Gasteiger partial charge in [0.05, 0.1) is 23.9 Å². The Balaban J connectivity index is 1.70. The first-order valence-electron chi connectivity index (χ1n) is 11.6. The number of rotatable bonds is 6. The zero-order chi connectivity index (χ0) is 25.6. The number of carbonyl (C=O) groups is 2. The summed E-state index contributed by atoms with van der Waals surface area (Å²) >= 11 is 1.20. The molecule has 1 amide bonds. The molecule has 0 radical (unpaired) electrons. The van der Waals surface area contributed by atoms with Crippen LogP contribution in [0.15, 0.2) is 48.2 Å². The summed E-state index contributed by atoms with van der Waals surface area (Å²) in [4.78, 5) is 32.6. The van der Waals surface area contributed by atoms with E-state index < -0.39 is 17.7 Å². The van der Waals surface area contributed by atoms with Gasteiger partial charge in [-0.05, 0) is 56.5 Å². The number of hydrogen-bond donors (Lipinski definition) is 1. The van der Waals surface area contributed by atoms with Gasteiger partial charge in [-0.1, -0.05) is 36.5 Å². The summed E-state index contributed by atoms with van der Waals surface area (Å²) < 4.78 is 7.54. The Morgan fingerprint density at radius 2 is 1.86 bits per heavy atom. The highest BCUT2D eigenvalue weighted by Gasteiger charge is 2.48. The standard InChI is InChI=1S/C26H25N5O4S/c1-5-13-35-18-10-8-17(9-11-18)21-19(23(33)25(34)31(21)26-29-28-16(4)36-26)22(32)20-15(3)30-12-6-7-14(2)24(30)27-20/h6-12,21,32H,5,13H2,1-4H3. The van der Waals surface area contributed by atoms with E-state index in [0.717, 1.165) is 12.0 Å². The first-order chi connectivity index (χ1) is 17.3. The molecule has 5 rings (SSSR count). The summed E-state index contributed by atoms with van der Waals surface area (Å²) in [6.45, 7) is 8.11. The van der Waals surface area contributed by atoms with Gasteiger partial charge in [0.25, 0.3) is 5.78 Å². The number of aliphatic hydroxyl groups is 1. The van der Waals surface area contributed by atoms with Crippen LogP contribution in [-0.2, 0) is 9.59 Å². The maximum Gasteiger partial charge on any atom is 0.301 e. The van der Waals surface area contributed by atoms with Crippen LogP contribution in [0.4, 0.5) is 5.13 Å². The number of fused-ring (bicyclic) bond motifs is 1. The van der Waals surface area contributed by atoms with Gasteiger partial charge in [0.15, 0.2) is 5.76 Å². The SMILES string of the molecule is CCCOc1ccc(C2C(=C(O)c3nc4c(C)cccn4c3C)C(=O)C(=O)N2c2nnc(C)s2)cc1. The molecule has 1 saturated heterocycles. The molecule has 1 N–H and O–H groups in total. The number of ether oxygens (including phenoxy) is 1. The molecular formula is C26H25N5O4S. The molecule has 1 atom stereocenters.